The van der Waals surface area contributed by atoms with Crippen molar-refractivity contribution < 1.29 is 19.8 Å². The van der Waals surface area contributed by atoms with Gasteiger partial charge in [-0.25, -0.2) is 9.59 Å². The molecule has 1 aromatic rings. The fourth-order valence-electron chi connectivity index (χ4n) is 0.938. The van der Waals surface area contributed by atoms with Gasteiger partial charge in [-0.3, -0.25) is 11.3 Å². The largest absolute Gasteiger partial charge is 0.473 e. The van der Waals surface area contributed by atoms with Gasteiger partial charge in [-0.05, 0) is 19.4 Å². The van der Waals surface area contributed by atoms with Gasteiger partial charge in [-0.15, -0.1) is 0 Å². The predicted molar refractivity (Wildman–Crippen MR) is 62.1 cm³/mol. The second-order valence-electron chi connectivity index (χ2n) is 3.75. The molecular weight excluding hydrogens is 224 g/mol. The standard InChI is InChI=1S/C9H14N2.C2H2O4/c1-9(2,11-10)8-6-4-3-5-7-8;3-1(4)2(5)6/h3-7,11H,10H2,1-2H3;(H,3,4)(H,5,6). The lowest BCUT2D eigenvalue weighted by atomic mass is 9.95. The molecule has 0 spiro atoms. The van der Waals surface area contributed by atoms with E-state index in [1.54, 1.807) is 0 Å². The smallest absolute Gasteiger partial charge is 0.414 e. The molecule has 1 rings (SSSR count). The average molecular weight is 240 g/mol. The molecule has 0 amide bonds. The number of hydrogen-bond donors (Lipinski definition) is 4. The van der Waals surface area contributed by atoms with Crippen LogP contribution in [-0.2, 0) is 15.1 Å². The first-order valence-electron chi connectivity index (χ1n) is 4.80. The summed E-state index contributed by atoms with van der Waals surface area (Å²) in [6, 6.07) is 10.1. The molecule has 17 heavy (non-hydrogen) atoms. The van der Waals surface area contributed by atoms with Gasteiger partial charge >= 0.3 is 11.9 Å². The number of benzene rings is 1. The Bertz CT molecular complexity index is 364. The minimum absolute atomic E-state index is 0.138. The van der Waals surface area contributed by atoms with Crippen LogP contribution in [0.2, 0.25) is 0 Å². The molecule has 0 bridgehead atoms. The Balaban J connectivity index is 0.000000366. The van der Waals surface area contributed by atoms with Crippen molar-refractivity contribution in [3.63, 3.8) is 0 Å². The number of aliphatic carboxylic acids is 2. The Morgan fingerprint density at radius 3 is 1.82 bits per heavy atom. The zero-order chi connectivity index (χ0) is 13.5. The average Bonchev–Trinajstić information content (AvgIpc) is 2.31. The highest BCUT2D eigenvalue weighted by atomic mass is 16.4. The molecule has 0 heterocycles. The first-order valence-corrected chi connectivity index (χ1v) is 4.80. The molecule has 0 saturated heterocycles. The molecule has 1 aromatic carbocycles. The van der Waals surface area contributed by atoms with Crippen LogP contribution in [0.15, 0.2) is 30.3 Å². The molecule has 0 saturated carbocycles. The zero-order valence-corrected chi connectivity index (χ0v) is 9.68. The summed E-state index contributed by atoms with van der Waals surface area (Å²) in [4.78, 5) is 18.2. The van der Waals surface area contributed by atoms with Gasteiger partial charge in [0.25, 0.3) is 0 Å². The van der Waals surface area contributed by atoms with E-state index in [9.17, 15) is 0 Å². The maximum Gasteiger partial charge on any atom is 0.414 e. The van der Waals surface area contributed by atoms with Crippen LogP contribution in [-0.4, -0.2) is 22.2 Å². The van der Waals surface area contributed by atoms with E-state index in [0.29, 0.717) is 0 Å². The second kappa shape index (κ2) is 6.62. The van der Waals surface area contributed by atoms with Crippen LogP contribution in [0.4, 0.5) is 0 Å². The number of carboxylic acid groups (broad SMARTS) is 2. The SMILES string of the molecule is CC(C)(NN)c1ccccc1.O=C(O)C(=O)O. The van der Waals surface area contributed by atoms with E-state index in [-0.39, 0.29) is 5.54 Å². The molecule has 0 unspecified atom stereocenters. The topological polar surface area (TPSA) is 113 Å². The van der Waals surface area contributed by atoms with E-state index in [2.05, 4.69) is 17.6 Å². The summed E-state index contributed by atoms with van der Waals surface area (Å²) >= 11 is 0. The van der Waals surface area contributed by atoms with Crippen LogP contribution in [0.3, 0.4) is 0 Å². The second-order valence-corrected chi connectivity index (χ2v) is 3.75. The van der Waals surface area contributed by atoms with Crippen molar-refractivity contribution in [2.24, 2.45) is 5.84 Å². The van der Waals surface area contributed by atoms with Crippen molar-refractivity contribution in [3.8, 4) is 0 Å². The van der Waals surface area contributed by atoms with Crippen LogP contribution >= 0.6 is 0 Å². The summed E-state index contributed by atoms with van der Waals surface area (Å²) in [7, 11) is 0. The van der Waals surface area contributed by atoms with Crippen LogP contribution in [0.1, 0.15) is 19.4 Å². The van der Waals surface area contributed by atoms with E-state index in [1.165, 1.54) is 5.56 Å². The Hall–Kier alpha value is -1.92. The van der Waals surface area contributed by atoms with Crippen molar-refractivity contribution in [1.29, 1.82) is 0 Å². The number of rotatable bonds is 2. The van der Waals surface area contributed by atoms with Crippen molar-refractivity contribution in [3.05, 3.63) is 35.9 Å². The minimum Gasteiger partial charge on any atom is -0.473 e. The third-order valence-corrected chi connectivity index (χ3v) is 2.04. The van der Waals surface area contributed by atoms with Gasteiger partial charge in [0, 0.05) is 0 Å². The van der Waals surface area contributed by atoms with E-state index in [0.717, 1.165) is 0 Å². The number of carboxylic acids is 2. The van der Waals surface area contributed by atoms with Crippen LogP contribution in [0, 0.1) is 0 Å². The van der Waals surface area contributed by atoms with Crippen molar-refractivity contribution in [2.75, 3.05) is 0 Å². The van der Waals surface area contributed by atoms with Crippen molar-refractivity contribution >= 4 is 11.9 Å². The minimum atomic E-state index is -1.82. The normalized spacial score (nSPS) is 10.1. The van der Waals surface area contributed by atoms with Gasteiger partial charge in [-0.1, -0.05) is 30.3 Å². The van der Waals surface area contributed by atoms with E-state index in [1.807, 2.05) is 32.0 Å². The summed E-state index contributed by atoms with van der Waals surface area (Å²) in [5.41, 5.74) is 3.82. The van der Waals surface area contributed by atoms with Gasteiger partial charge < -0.3 is 10.2 Å². The number of hydrazine groups is 1. The van der Waals surface area contributed by atoms with Gasteiger partial charge in [0.2, 0.25) is 0 Å². The number of nitrogens with one attached hydrogen (secondary N) is 1. The Kier molecular flexibility index (Phi) is 5.87. The van der Waals surface area contributed by atoms with E-state index < -0.39 is 11.9 Å². The molecule has 6 nitrogen and oxygen atoms in total. The summed E-state index contributed by atoms with van der Waals surface area (Å²) < 4.78 is 0. The van der Waals surface area contributed by atoms with Gasteiger partial charge in [0.1, 0.15) is 0 Å². The van der Waals surface area contributed by atoms with Crippen LogP contribution < -0.4 is 11.3 Å². The molecule has 0 aliphatic carbocycles. The Labute approximate surface area is 99.0 Å². The molecule has 0 aliphatic rings. The highest BCUT2D eigenvalue weighted by molar-refractivity contribution is 6.27. The van der Waals surface area contributed by atoms with Crippen molar-refractivity contribution in [2.45, 2.75) is 19.4 Å². The summed E-state index contributed by atoms with van der Waals surface area (Å²) in [5.74, 6) is 1.74. The lowest BCUT2D eigenvalue weighted by Gasteiger charge is -2.23. The molecule has 0 aromatic heterocycles. The highest BCUT2D eigenvalue weighted by Crippen LogP contribution is 2.17. The number of carbonyl (C=O) groups is 2. The van der Waals surface area contributed by atoms with Gasteiger partial charge in [-0.2, -0.15) is 0 Å². The number of nitrogens with two attached hydrogens (primary N) is 1. The molecule has 0 radical (unpaired) electrons. The third kappa shape index (κ3) is 5.64. The third-order valence-electron chi connectivity index (χ3n) is 2.04. The highest BCUT2D eigenvalue weighted by Gasteiger charge is 2.16. The Morgan fingerprint density at radius 2 is 1.53 bits per heavy atom. The van der Waals surface area contributed by atoms with E-state index in [4.69, 9.17) is 25.6 Å². The predicted octanol–water partition coefficient (Wildman–Crippen LogP) is 0.541. The number of hydrogen-bond acceptors (Lipinski definition) is 4. The molecule has 6 heteroatoms. The fourth-order valence-corrected chi connectivity index (χ4v) is 0.938. The molecule has 0 atom stereocenters. The van der Waals surface area contributed by atoms with Gasteiger partial charge in [0.15, 0.2) is 0 Å². The maximum atomic E-state index is 9.10. The maximum absolute atomic E-state index is 9.10. The fraction of sp³-hybridized carbons (Fsp3) is 0.273. The molecule has 0 fully saturated rings. The first kappa shape index (κ1) is 15.1. The van der Waals surface area contributed by atoms with Crippen LogP contribution in [0.25, 0.3) is 0 Å². The molecule has 94 valence electrons. The van der Waals surface area contributed by atoms with Gasteiger partial charge in [0.05, 0.1) is 5.54 Å². The zero-order valence-electron chi connectivity index (χ0n) is 9.68. The summed E-state index contributed by atoms with van der Waals surface area (Å²) in [5, 5.41) is 14.8. The molecular formula is C11H16N2O4. The van der Waals surface area contributed by atoms with Crippen molar-refractivity contribution in [1.82, 2.24) is 5.43 Å². The Morgan fingerprint density at radius 1 is 1.12 bits per heavy atom. The quantitative estimate of drug-likeness (QED) is 0.341. The first-order chi connectivity index (χ1) is 7.81. The monoisotopic (exact) mass is 240 g/mol. The van der Waals surface area contributed by atoms with Crippen LogP contribution in [0.5, 0.6) is 0 Å². The summed E-state index contributed by atoms with van der Waals surface area (Å²) in [6.45, 7) is 4.09. The summed E-state index contributed by atoms with van der Waals surface area (Å²) in [6.07, 6.45) is 0. The molecule has 0 aliphatic heterocycles. The van der Waals surface area contributed by atoms with E-state index >= 15 is 0 Å². The molecule has 5 N–H and O–H groups in total. The lowest BCUT2D eigenvalue weighted by Crippen LogP contribution is -2.41. The lowest BCUT2D eigenvalue weighted by molar-refractivity contribution is -0.159.